The van der Waals surface area contributed by atoms with Gasteiger partial charge in [-0.2, -0.15) is 0 Å². The van der Waals surface area contributed by atoms with Crippen molar-refractivity contribution >= 4 is 0 Å². The molecule has 1 rings (SSSR count). The van der Waals surface area contributed by atoms with Crippen molar-refractivity contribution in [2.45, 2.75) is 19.4 Å². The average molecular weight is 216 g/mol. The van der Waals surface area contributed by atoms with Gasteiger partial charge in [0.1, 0.15) is 6.61 Å². The zero-order chi connectivity index (χ0) is 11.3. The first-order chi connectivity index (χ1) is 7.03. The Hall–Kier alpha value is -1.07. The van der Waals surface area contributed by atoms with Crippen molar-refractivity contribution in [3.05, 3.63) is 29.6 Å². The number of aliphatic hydroxyl groups is 1. The second-order valence-corrected chi connectivity index (χ2v) is 3.49. The summed E-state index contributed by atoms with van der Waals surface area (Å²) in [6.07, 6.45) is 3.32. The van der Waals surface area contributed by atoms with Crippen LogP contribution in [0.1, 0.15) is 11.1 Å². The minimum Gasteiger partial charge on any atom is -0.390 e. The van der Waals surface area contributed by atoms with Gasteiger partial charge in [0.05, 0.1) is 6.54 Å². The first kappa shape index (κ1) is 12.0. The van der Waals surface area contributed by atoms with Crippen LogP contribution in [0.2, 0.25) is 0 Å². The normalized spacial score (nSPS) is 11.7. The third kappa shape index (κ3) is 4.31. The van der Waals surface area contributed by atoms with Crippen molar-refractivity contribution in [3.63, 3.8) is 0 Å². The van der Waals surface area contributed by atoms with Crippen molar-refractivity contribution in [1.29, 1.82) is 0 Å². The molecule has 0 spiro atoms. The lowest BCUT2D eigenvalue weighted by Crippen LogP contribution is -2.35. The molecule has 1 heterocycles. The standard InChI is InChI=1S/C10H14F2N2O/c1-8-2-9(4-13-3-8)5-14-6-10(11,12)7-15/h2-4,14-15H,5-7H2,1H3. The molecule has 0 aliphatic carbocycles. The molecule has 2 N–H and O–H groups in total. The first-order valence-corrected chi connectivity index (χ1v) is 4.63. The van der Waals surface area contributed by atoms with Crippen LogP contribution in [0.3, 0.4) is 0 Å². The number of pyridine rings is 1. The van der Waals surface area contributed by atoms with Gasteiger partial charge < -0.3 is 10.4 Å². The summed E-state index contributed by atoms with van der Waals surface area (Å²) in [5.74, 6) is -3.06. The Kier molecular flexibility index (Phi) is 4.11. The summed E-state index contributed by atoms with van der Waals surface area (Å²) in [6, 6.07) is 1.87. The predicted octanol–water partition coefficient (Wildman–Crippen LogP) is 1.11. The predicted molar refractivity (Wildman–Crippen MR) is 52.7 cm³/mol. The monoisotopic (exact) mass is 216 g/mol. The van der Waals surface area contributed by atoms with E-state index < -0.39 is 19.1 Å². The summed E-state index contributed by atoms with van der Waals surface area (Å²) >= 11 is 0. The van der Waals surface area contributed by atoms with Crippen LogP contribution in [0.5, 0.6) is 0 Å². The Morgan fingerprint density at radius 3 is 2.80 bits per heavy atom. The zero-order valence-corrected chi connectivity index (χ0v) is 8.50. The van der Waals surface area contributed by atoms with E-state index in [4.69, 9.17) is 5.11 Å². The Balaban J connectivity index is 2.38. The third-order valence-corrected chi connectivity index (χ3v) is 1.88. The smallest absolute Gasteiger partial charge is 0.282 e. The highest BCUT2D eigenvalue weighted by molar-refractivity contribution is 5.16. The molecule has 0 saturated carbocycles. The second kappa shape index (κ2) is 5.14. The number of aromatic nitrogens is 1. The molecule has 0 aliphatic heterocycles. The fourth-order valence-corrected chi connectivity index (χ4v) is 1.16. The Morgan fingerprint density at radius 1 is 1.47 bits per heavy atom. The molecule has 0 radical (unpaired) electrons. The van der Waals surface area contributed by atoms with Gasteiger partial charge in [0.15, 0.2) is 0 Å². The fourth-order valence-electron chi connectivity index (χ4n) is 1.16. The number of aryl methyl sites for hydroxylation is 1. The van der Waals surface area contributed by atoms with Crippen LogP contribution >= 0.6 is 0 Å². The maximum absolute atomic E-state index is 12.6. The number of halogens is 2. The highest BCUT2D eigenvalue weighted by Gasteiger charge is 2.26. The maximum Gasteiger partial charge on any atom is 0.282 e. The molecule has 0 aromatic carbocycles. The molecule has 15 heavy (non-hydrogen) atoms. The number of aliphatic hydroxyl groups excluding tert-OH is 1. The lowest BCUT2D eigenvalue weighted by atomic mass is 10.2. The number of rotatable bonds is 5. The summed E-state index contributed by atoms with van der Waals surface area (Å²) in [6.45, 7) is 0.548. The molecule has 1 aromatic rings. The molecule has 0 unspecified atom stereocenters. The van der Waals surface area contributed by atoms with Crippen LogP contribution in [0.4, 0.5) is 8.78 Å². The fraction of sp³-hybridized carbons (Fsp3) is 0.500. The molecule has 0 bridgehead atoms. The number of nitrogens with one attached hydrogen (secondary N) is 1. The van der Waals surface area contributed by atoms with E-state index in [2.05, 4.69) is 10.3 Å². The van der Waals surface area contributed by atoms with E-state index in [1.807, 2.05) is 13.0 Å². The minimum absolute atomic E-state index is 0.324. The summed E-state index contributed by atoms with van der Waals surface area (Å²) < 4.78 is 25.2. The van der Waals surface area contributed by atoms with Crippen LogP contribution in [-0.2, 0) is 6.54 Å². The van der Waals surface area contributed by atoms with Gasteiger partial charge in [-0.05, 0) is 18.1 Å². The van der Waals surface area contributed by atoms with Crippen molar-refractivity contribution in [3.8, 4) is 0 Å². The van der Waals surface area contributed by atoms with E-state index in [1.54, 1.807) is 12.4 Å². The lowest BCUT2D eigenvalue weighted by molar-refractivity contribution is -0.0477. The number of hydrogen-bond acceptors (Lipinski definition) is 3. The van der Waals surface area contributed by atoms with E-state index in [0.717, 1.165) is 11.1 Å². The maximum atomic E-state index is 12.6. The molecular formula is C10H14F2N2O. The quantitative estimate of drug-likeness (QED) is 0.775. The van der Waals surface area contributed by atoms with Crippen molar-refractivity contribution in [2.24, 2.45) is 0 Å². The average Bonchev–Trinajstić information content (AvgIpc) is 2.18. The topological polar surface area (TPSA) is 45.2 Å². The number of nitrogens with zero attached hydrogens (tertiary/aromatic N) is 1. The first-order valence-electron chi connectivity index (χ1n) is 4.63. The third-order valence-electron chi connectivity index (χ3n) is 1.88. The molecule has 5 heteroatoms. The van der Waals surface area contributed by atoms with Crippen LogP contribution in [-0.4, -0.2) is 29.2 Å². The lowest BCUT2D eigenvalue weighted by Gasteiger charge is -2.13. The molecule has 0 atom stereocenters. The van der Waals surface area contributed by atoms with E-state index in [1.165, 1.54) is 0 Å². The Morgan fingerprint density at radius 2 is 2.20 bits per heavy atom. The number of alkyl halides is 2. The SMILES string of the molecule is Cc1cncc(CNCC(F)(F)CO)c1. The van der Waals surface area contributed by atoms with E-state index >= 15 is 0 Å². The van der Waals surface area contributed by atoms with Gasteiger partial charge in [-0.25, -0.2) is 8.78 Å². The summed E-state index contributed by atoms with van der Waals surface area (Å²) in [5, 5.41) is 10.9. The molecule has 0 aliphatic rings. The molecule has 84 valence electrons. The van der Waals surface area contributed by atoms with Gasteiger partial charge in [-0.15, -0.1) is 0 Å². The highest BCUT2D eigenvalue weighted by Crippen LogP contribution is 2.10. The van der Waals surface area contributed by atoms with Crippen LogP contribution in [0, 0.1) is 6.92 Å². The van der Waals surface area contributed by atoms with Crippen molar-refractivity contribution < 1.29 is 13.9 Å². The van der Waals surface area contributed by atoms with Crippen molar-refractivity contribution in [2.75, 3.05) is 13.2 Å². The molecule has 3 nitrogen and oxygen atoms in total. The van der Waals surface area contributed by atoms with Crippen LogP contribution < -0.4 is 5.32 Å². The van der Waals surface area contributed by atoms with Crippen molar-refractivity contribution in [1.82, 2.24) is 10.3 Å². The highest BCUT2D eigenvalue weighted by atomic mass is 19.3. The molecule has 1 aromatic heterocycles. The second-order valence-electron chi connectivity index (χ2n) is 3.49. The van der Waals surface area contributed by atoms with Gasteiger partial charge >= 0.3 is 0 Å². The van der Waals surface area contributed by atoms with Gasteiger partial charge in [-0.3, -0.25) is 4.98 Å². The summed E-state index contributed by atoms with van der Waals surface area (Å²) in [4.78, 5) is 3.94. The van der Waals surface area contributed by atoms with Gasteiger partial charge in [0, 0.05) is 18.9 Å². The van der Waals surface area contributed by atoms with E-state index in [0.29, 0.717) is 6.54 Å². The van der Waals surface area contributed by atoms with E-state index in [9.17, 15) is 8.78 Å². The van der Waals surface area contributed by atoms with Gasteiger partial charge in [0.25, 0.3) is 5.92 Å². The zero-order valence-electron chi connectivity index (χ0n) is 8.50. The summed E-state index contributed by atoms with van der Waals surface area (Å²) in [5.41, 5.74) is 1.84. The molecule has 0 fully saturated rings. The largest absolute Gasteiger partial charge is 0.390 e. The van der Waals surface area contributed by atoms with E-state index in [-0.39, 0.29) is 0 Å². The van der Waals surface area contributed by atoms with Gasteiger partial charge in [0.2, 0.25) is 0 Å². The molecule has 0 saturated heterocycles. The Bertz CT molecular complexity index is 318. The Labute approximate surface area is 87.2 Å². The summed E-state index contributed by atoms with van der Waals surface area (Å²) in [7, 11) is 0. The van der Waals surface area contributed by atoms with Crippen LogP contribution in [0.25, 0.3) is 0 Å². The van der Waals surface area contributed by atoms with Gasteiger partial charge in [-0.1, -0.05) is 6.07 Å². The number of hydrogen-bond donors (Lipinski definition) is 2. The molecular weight excluding hydrogens is 202 g/mol. The minimum atomic E-state index is -3.06. The molecule has 0 amide bonds. The van der Waals surface area contributed by atoms with Crippen LogP contribution in [0.15, 0.2) is 18.5 Å².